The Morgan fingerprint density at radius 2 is 1.94 bits per heavy atom. The Labute approximate surface area is 179 Å². The number of aromatic nitrogens is 4. The Morgan fingerprint density at radius 3 is 2.71 bits per heavy atom. The van der Waals surface area contributed by atoms with E-state index >= 15 is 0 Å². The third-order valence-electron chi connectivity index (χ3n) is 4.74. The number of nitrogens with one attached hydrogen (secondary N) is 2. The van der Waals surface area contributed by atoms with Crippen molar-refractivity contribution >= 4 is 17.5 Å². The maximum atomic E-state index is 12.7. The van der Waals surface area contributed by atoms with Gasteiger partial charge in [0, 0.05) is 36.7 Å². The molecule has 0 radical (unpaired) electrons. The minimum Gasteiger partial charge on any atom is -0.350 e. The zero-order valence-electron chi connectivity index (χ0n) is 17.7. The van der Waals surface area contributed by atoms with Crippen LogP contribution in [0.4, 0.5) is 0 Å². The van der Waals surface area contributed by atoms with Gasteiger partial charge in [-0.05, 0) is 50.6 Å². The average molecular weight is 416 g/mol. The molecule has 0 spiro atoms. The summed E-state index contributed by atoms with van der Waals surface area (Å²) in [5.74, 6) is -0.538. The highest BCUT2D eigenvalue weighted by molar-refractivity contribution is 6.01. The number of pyridine rings is 1. The minimum absolute atomic E-state index is 0.00574. The highest BCUT2D eigenvalue weighted by Gasteiger charge is 2.17. The van der Waals surface area contributed by atoms with Gasteiger partial charge in [0.1, 0.15) is 5.69 Å². The molecule has 31 heavy (non-hydrogen) atoms. The molecule has 3 heterocycles. The fourth-order valence-electron chi connectivity index (χ4n) is 3.28. The van der Waals surface area contributed by atoms with Gasteiger partial charge in [0.15, 0.2) is 5.65 Å². The molecule has 8 heteroatoms. The number of imidazole rings is 1. The van der Waals surface area contributed by atoms with Crippen LogP contribution >= 0.6 is 0 Å². The summed E-state index contributed by atoms with van der Waals surface area (Å²) in [6.45, 7) is 6.13. The fourth-order valence-corrected chi connectivity index (χ4v) is 3.28. The highest BCUT2D eigenvalue weighted by Crippen LogP contribution is 2.13. The lowest BCUT2D eigenvalue weighted by Gasteiger charge is -2.08. The number of carbonyl (C=O) groups is 2. The molecule has 4 rings (SSSR count). The quantitative estimate of drug-likeness (QED) is 0.505. The minimum atomic E-state index is -0.317. The molecule has 4 aromatic rings. The number of hydrogen-bond acceptors (Lipinski definition) is 4. The molecular weight excluding hydrogens is 392 g/mol. The van der Waals surface area contributed by atoms with Crippen LogP contribution in [-0.4, -0.2) is 37.0 Å². The average Bonchev–Trinajstić information content (AvgIpc) is 3.38. The first-order valence-electron chi connectivity index (χ1n) is 10.1. The van der Waals surface area contributed by atoms with E-state index in [0.717, 1.165) is 16.8 Å². The summed E-state index contributed by atoms with van der Waals surface area (Å²) in [5, 5.41) is 10.1. The van der Waals surface area contributed by atoms with E-state index in [1.165, 1.54) is 0 Å². The number of amides is 2. The molecule has 0 aliphatic heterocycles. The summed E-state index contributed by atoms with van der Waals surface area (Å²) in [7, 11) is 0. The van der Waals surface area contributed by atoms with Crippen molar-refractivity contribution in [1.29, 1.82) is 0 Å². The second-order valence-electron chi connectivity index (χ2n) is 7.72. The standard InChI is InChI=1S/C23H24N6O2/c1-15(2)26-22(30)19-8-5-9-28-14-20(27-21(19)28)23(31)24-11-17-12-25-29(13-17)18-7-4-6-16(3)10-18/h4-10,12-15H,11H2,1-3H3,(H,24,31)(H,26,30). The summed E-state index contributed by atoms with van der Waals surface area (Å²) >= 11 is 0. The van der Waals surface area contributed by atoms with Gasteiger partial charge in [-0.1, -0.05) is 12.1 Å². The van der Waals surface area contributed by atoms with Gasteiger partial charge >= 0.3 is 0 Å². The number of nitrogens with zero attached hydrogens (tertiary/aromatic N) is 4. The smallest absolute Gasteiger partial charge is 0.271 e. The molecule has 0 aliphatic carbocycles. The molecule has 2 N–H and O–H groups in total. The van der Waals surface area contributed by atoms with E-state index in [9.17, 15) is 9.59 Å². The number of rotatable bonds is 6. The molecule has 8 nitrogen and oxygen atoms in total. The largest absolute Gasteiger partial charge is 0.350 e. The van der Waals surface area contributed by atoms with E-state index in [-0.39, 0.29) is 23.6 Å². The SMILES string of the molecule is Cc1cccc(-n2cc(CNC(=O)c3cn4cccc(C(=O)NC(C)C)c4n3)cn2)c1. The van der Waals surface area contributed by atoms with Crippen molar-refractivity contribution < 1.29 is 9.59 Å². The molecular formula is C23H24N6O2. The van der Waals surface area contributed by atoms with Crippen LogP contribution in [0.3, 0.4) is 0 Å². The molecule has 0 saturated heterocycles. The van der Waals surface area contributed by atoms with Crippen LogP contribution < -0.4 is 10.6 Å². The Kier molecular flexibility index (Phi) is 5.53. The number of hydrogen-bond donors (Lipinski definition) is 2. The van der Waals surface area contributed by atoms with Crippen molar-refractivity contribution in [2.45, 2.75) is 33.4 Å². The van der Waals surface area contributed by atoms with Gasteiger partial charge in [-0.2, -0.15) is 5.10 Å². The lowest BCUT2D eigenvalue weighted by molar-refractivity contribution is 0.0935. The van der Waals surface area contributed by atoms with Gasteiger partial charge in [0.05, 0.1) is 17.4 Å². The first kappa shape index (κ1) is 20.3. The molecule has 158 valence electrons. The summed E-state index contributed by atoms with van der Waals surface area (Å²) in [4.78, 5) is 29.5. The van der Waals surface area contributed by atoms with Crippen molar-refractivity contribution in [2.75, 3.05) is 0 Å². The first-order chi connectivity index (χ1) is 14.9. The molecule has 2 amide bonds. The van der Waals surface area contributed by atoms with E-state index in [1.54, 1.807) is 39.8 Å². The zero-order chi connectivity index (χ0) is 22.0. The fraction of sp³-hybridized carbons (Fsp3) is 0.217. The van der Waals surface area contributed by atoms with Crippen LogP contribution in [-0.2, 0) is 6.54 Å². The Hall–Kier alpha value is -3.94. The Bertz CT molecular complexity index is 1250. The Morgan fingerprint density at radius 1 is 1.10 bits per heavy atom. The van der Waals surface area contributed by atoms with Gasteiger partial charge in [-0.15, -0.1) is 0 Å². The van der Waals surface area contributed by atoms with Crippen LogP contribution in [0.2, 0.25) is 0 Å². The zero-order valence-corrected chi connectivity index (χ0v) is 17.7. The third-order valence-corrected chi connectivity index (χ3v) is 4.74. The topological polar surface area (TPSA) is 93.3 Å². The molecule has 0 unspecified atom stereocenters. The molecule has 0 atom stereocenters. The molecule has 0 saturated carbocycles. The highest BCUT2D eigenvalue weighted by atomic mass is 16.2. The van der Waals surface area contributed by atoms with Crippen molar-refractivity contribution in [1.82, 2.24) is 29.8 Å². The maximum absolute atomic E-state index is 12.7. The van der Waals surface area contributed by atoms with E-state index < -0.39 is 0 Å². The number of fused-ring (bicyclic) bond motifs is 1. The van der Waals surface area contributed by atoms with Gasteiger partial charge in [-0.3, -0.25) is 9.59 Å². The predicted octanol–water partition coefficient (Wildman–Crippen LogP) is 2.90. The lowest BCUT2D eigenvalue weighted by Crippen LogP contribution is -2.30. The van der Waals surface area contributed by atoms with E-state index in [0.29, 0.717) is 17.8 Å². The summed E-state index contributed by atoms with van der Waals surface area (Å²) in [5.41, 5.74) is 4.10. The lowest BCUT2D eigenvalue weighted by atomic mass is 10.2. The van der Waals surface area contributed by atoms with Crippen LogP contribution in [0.25, 0.3) is 11.3 Å². The van der Waals surface area contributed by atoms with E-state index in [2.05, 4.69) is 20.7 Å². The van der Waals surface area contributed by atoms with Crippen molar-refractivity contribution in [3.05, 3.63) is 83.6 Å². The van der Waals surface area contributed by atoms with Crippen LogP contribution in [0.15, 0.2) is 61.2 Å². The number of benzene rings is 1. The van der Waals surface area contributed by atoms with Crippen molar-refractivity contribution in [2.24, 2.45) is 0 Å². The maximum Gasteiger partial charge on any atom is 0.271 e. The van der Waals surface area contributed by atoms with Crippen molar-refractivity contribution in [3.63, 3.8) is 0 Å². The molecule has 1 aromatic carbocycles. The number of aryl methyl sites for hydroxylation is 1. The predicted molar refractivity (Wildman–Crippen MR) is 117 cm³/mol. The van der Waals surface area contributed by atoms with Gasteiger partial charge in [0.2, 0.25) is 0 Å². The summed E-state index contributed by atoms with van der Waals surface area (Å²) in [6.07, 6.45) is 6.98. The summed E-state index contributed by atoms with van der Waals surface area (Å²) in [6, 6.07) is 11.5. The monoisotopic (exact) mass is 416 g/mol. The second kappa shape index (κ2) is 8.43. The van der Waals surface area contributed by atoms with E-state index in [1.807, 2.05) is 51.2 Å². The van der Waals surface area contributed by atoms with Gasteiger partial charge in [-0.25, -0.2) is 9.67 Å². The second-order valence-corrected chi connectivity index (χ2v) is 7.72. The van der Waals surface area contributed by atoms with Crippen LogP contribution in [0.5, 0.6) is 0 Å². The van der Waals surface area contributed by atoms with Gasteiger partial charge < -0.3 is 15.0 Å². The third kappa shape index (κ3) is 4.48. The summed E-state index contributed by atoms with van der Waals surface area (Å²) < 4.78 is 3.46. The molecule has 0 fully saturated rings. The molecule has 3 aromatic heterocycles. The molecule has 0 aliphatic rings. The van der Waals surface area contributed by atoms with E-state index in [4.69, 9.17) is 0 Å². The first-order valence-corrected chi connectivity index (χ1v) is 10.1. The Balaban J connectivity index is 1.47. The van der Waals surface area contributed by atoms with Gasteiger partial charge in [0.25, 0.3) is 11.8 Å². The van der Waals surface area contributed by atoms with Crippen LogP contribution in [0, 0.1) is 6.92 Å². The number of carbonyl (C=O) groups excluding carboxylic acids is 2. The normalized spacial score (nSPS) is 11.1. The van der Waals surface area contributed by atoms with Crippen molar-refractivity contribution in [3.8, 4) is 5.69 Å². The van der Waals surface area contributed by atoms with Crippen LogP contribution in [0.1, 0.15) is 45.8 Å². The molecule has 0 bridgehead atoms.